The van der Waals surface area contributed by atoms with Crippen LogP contribution in [0.15, 0.2) is 30.3 Å². The molecule has 6 nitrogen and oxygen atoms in total. The lowest BCUT2D eigenvalue weighted by Crippen LogP contribution is -2.39. The molecule has 0 aromatic heterocycles. The van der Waals surface area contributed by atoms with Crippen molar-refractivity contribution >= 4 is 17.9 Å². The third-order valence-electron chi connectivity index (χ3n) is 2.87. The van der Waals surface area contributed by atoms with E-state index in [0.717, 1.165) is 4.90 Å². The topological polar surface area (TPSA) is 75.7 Å². The van der Waals surface area contributed by atoms with Crippen LogP contribution in [0.5, 0.6) is 0 Å². The van der Waals surface area contributed by atoms with E-state index in [-0.39, 0.29) is 6.54 Å². The fourth-order valence-electron chi connectivity index (χ4n) is 1.96. The molecule has 1 aromatic carbocycles. The second-order valence-corrected chi connectivity index (χ2v) is 5.82. The standard InChI is InChI=1S/C15H18N2O4/c1-15(2,3)21-13(19)11-9-17(14(20)16-11)12(18)10-7-5-4-6-8-10/h4-8,11H,9H2,1-3H3,(H,16,20)/t11-/m0/s1. The van der Waals surface area contributed by atoms with Crippen molar-refractivity contribution in [2.75, 3.05) is 6.54 Å². The molecule has 1 fully saturated rings. The van der Waals surface area contributed by atoms with Crippen LogP contribution in [0.1, 0.15) is 31.1 Å². The van der Waals surface area contributed by atoms with Crippen molar-refractivity contribution in [3.05, 3.63) is 35.9 Å². The van der Waals surface area contributed by atoms with Crippen molar-refractivity contribution in [1.29, 1.82) is 0 Å². The fraction of sp³-hybridized carbons (Fsp3) is 0.400. The summed E-state index contributed by atoms with van der Waals surface area (Å²) in [4.78, 5) is 37.0. The van der Waals surface area contributed by atoms with Gasteiger partial charge in [0.25, 0.3) is 5.91 Å². The van der Waals surface area contributed by atoms with E-state index in [1.165, 1.54) is 0 Å². The Bertz CT molecular complexity index is 563. The molecule has 0 aliphatic carbocycles. The first-order valence-electron chi connectivity index (χ1n) is 6.68. The van der Waals surface area contributed by atoms with Crippen LogP contribution in [0, 0.1) is 0 Å². The summed E-state index contributed by atoms with van der Waals surface area (Å²) in [6.07, 6.45) is 0. The van der Waals surface area contributed by atoms with E-state index in [1.54, 1.807) is 51.1 Å². The van der Waals surface area contributed by atoms with Crippen molar-refractivity contribution in [3.8, 4) is 0 Å². The summed E-state index contributed by atoms with van der Waals surface area (Å²) in [5, 5.41) is 2.47. The first kappa shape index (κ1) is 15.0. The second-order valence-electron chi connectivity index (χ2n) is 5.82. The molecule has 112 valence electrons. The van der Waals surface area contributed by atoms with E-state index < -0.39 is 29.6 Å². The molecule has 3 amide bonds. The first-order chi connectivity index (χ1) is 9.78. The molecule has 0 bridgehead atoms. The zero-order valence-electron chi connectivity index (χ0n) is 12.3. The number of urea groups is 1. The van der Waals surface area contributed by atoms with E-state index in [4.69, 9.17) is 4.74 Å². The molecule has 0 saturated carbocycles. The summed E-state index contributed by atoms with van der Waals surface area (Å²) in [6, 6.07) is 7.04. The minimum Gasteiger partial charge on any atom is -0.458 e. The van der Waals surface area contributed by atoms with Crippen LogP contribution in [0.25, 0.3) is 0 Å². The lowest BCUT2D eigenvalue weighted by atomic mass is 10.2. The highest BCUT2D eigenvalue weighted by Crippen LogP contribution is 2.14. The highest BCUT2D eigenvalue weighted by atomic mass is 16.6. The Labute approximate surface area is 123 Å². The summed E-state index contributed by atoms with van der Waals surface area (Å²) in [5.41, 5.74) is -0.240. The summed E-state index contributed by atoms with van der Waals surface area (Å²) >= 11 is 0. The first-order valence-corrected chi connectivity index (χ1v) is 6.68. The number of hydrogen-bond donors (Lipinski definition) is 1. The minimum absolute atomic E-state index is 0.0263. The molecule has 0 radical (unpaired) electrons. The van der Waals surface area contributed by atoms with Crippen LogP contribution in [0.2, 0.25) is 0 Å². The highest BCUT2D eigenvalue weighted by molar-refractivity contribution is 6.06. The van der Waals surface area contributed by atoms with Crippen LogP contribution in [0.3, 0.4) is 0 Å². The molecule has 21 heavy (non-hydrogen) atoms. The van der Waals surface area contributed by atoms with E-state index >= 15 is 0 Å². The molecular formula is C15H18N2O4. The summed E-state index contributed by atoms with van der Waals surface area (Å²) < 4.78 is 5.21. The van der Waals surface area contributed by atoms with Gasteiger partial charge in [-0.1, -0.05) is 18.2 Å². The number of nitrogens with zero attached hydrogens (tertiary/aromatic N) is 1. The maximum atomic E-state index is 12.2. The van der Waals surface area contributed by atoms with Gasteiger partial charge in [-0.3, -0.25) is 9.69 Å². The van der Waals surface area contributed by atoms with E-state index in [0.29, 0.717) is 5.56 Å². The van der Waals surface area contributed by atoms with Crippen LogP contribution in [-0.2, 0) is 9.53 Å². The van der Waals surface area contributed by atoms with Gasteiger partial charge in [0.15, 0.2) is 0 Å². The van der Waals surface area contributed by atoms with Gasteiger partial charge in [0.1, 0.15) is 11.6 Å². The van der Waals surface area contributed by atoms with Crippen molar-refractivity contribution in [3.63, 3.8) is 0 Å². The van der Waals surface area contributed by atoms with E-state index in [9.17, 15) is 14.4 Å². The van der Waals surface area contributed by atoms with Gasteiger partial charge in [-0.25, -0.2) is 9.59 Å². The van der Waals surface area contributed by atoms with Gasteiger partial charge in [-0.15, -0.1) is 0 Å². The van der Waals surface area contributed by atoms with Crippen molar-refractivity contribution in [1.82, 2.24) is 10.2 Å². The van der Waals surface area contributed by atoms with Crippen LogP contribution >= 0.6 is 0 Å². The van der Waals surface area contributed by atoms with Gasteiger partial charge in [-0.05, 0) is 32.9 Å². The zero-order valence-corrected chi connectivity index (χ0v) is 12.3. The highest BCUT2D eigenvalue weighted by Gasteiger charge is 2.39. The minimum atomic E-state index is -0.829. The number of rotatable bonds is 2. The SMILES string of the molecule is CC(C)(C)OC(=O)[C@@H]1CN(C(=O)c2ccccc2)C(=O)N1. The Morgan fingerprint density at radius 2 is 1.86 bits per heavy atom. The van der Waals surface area contributed by atoms with Crippen molar-refractivity contribution in [2.24, 2.45) is 0 Å². The summed E-state index contributed by atoms with van der Waals surface area (Å²) in [7, 11) is 0. The average molecular weight is 290 g/mol. The van der Waals surface area contributed by atoms with Gasteiger partial charge in [-0.2, -0.15) is 0 Å². The second kappa shape index (κ2) is 5.55. The summed E-state index contributed by atoms with van der Waals surface area (Å²) in [5.74, 6) is -0.974. The Morgan fingerprint density at radius 3 is 2.43 bits per heavy atom. The lowest BCUT2D eigenvalue weighted by molar-refractivity contribution is -0.156. The van der Waals surface area contributed by atoms with E-state index in [2.05, 4.69) is 5.32 Å². The molecular weight excluding hydrogens is 272 g/mol. The number of nitrogens with one attached hydrogen (secondary N) is 1. The molecule has 1 atom stereocenters. The quantitative estimate of drug-likeness (QED) is 0.839. The smallest absolute Gasteiger partial charge is 0.331 e. The van der Waals surface area contributed by atoms with Gasteiger partial charge in [0.2, 0.25) is 0 Å². The number of hydrogen-bond acceptors (Lipinski definition) is 4. The Kier molecular flexibility index (Phi) is 3.97. The molecule has 2 rings (SSSR count). The number of benzene rings is 1. The fourth-order valence-corrected chi connectivity index (χ4v) is 1.96. The van der Waals surface area contributed by atoms with Crippen molar-refractivity contribution < 1.29 is 19.1 Å². The molecule has 1 N–H and O–H groups in total. The largest absolute Gasteiger partial charge is 0.458 e. The van der Waals surface area contributed by atoms with E-state index in [1.807, 2.05) is 0 Å². The third-order valence-corrected chi connectivity index (χ3v) is 2.87. The summed E-state index contributed by atoms with van der Waals surface area (Å²) in [6.45, 7) is 5.21. The van der Waals surface area contributed by atoms with Crippen LogP contribution in [0.4, 0.5) is 4.79 Å². The lowest BCUT2D eigenvalue weighted by Gasteiger charge is -2.21. The van der Waals surface area contributed by atoms with Crippen molar-refractivity contribution in [2.45, 2.75) is 32.4 Å². The Hall–Kier alpha value is -2.37. The molecule has 6 heteroatoms. The average Bonchev–Trinajstić information content (AvgIpc) is 2.79. The van der Waals surface area contributed by atoms with Crippen LogP contribution < -0.4 is 5.32 Å². The Balaban J connectivity index is 2.06. The number of imide groups is 1. The molecule has 0 spiro atoms. The zero-order chi connectivity index (χ0) is 15.6. The monoisotopic (exact) mass is 290 g/mol. The molecule has 1 saturated heterocycles. The molecule has 1 aromatic rings. The number of amides is 3. The molecule has 1 heterocycles. The maximum Gasteiger partial charge on any atom is 0.331 e. The van der Waals surface area contributed by atoms with Gasteiger partial charge in [0.05, 0.1) is 6.54 Å². The van der Waals surface area contributed by atoms with Gasteiger partial charge < -0.3 is 10.1 Å². The molecule has 1 aliphatic rings. The number of carbonyl (C=O) groups is 3. The predicted octanol–water partition coefficient (Wildman–Crippen LogP) is 1.56. The van der Waals surface area contributed by atoms with Gasteiger partial charge >= 0.3 is 12.0 Å². The molecule has 1 aliphatic heterocycles. The number of ether oxygens (including phenoxy) is 1. The number of carbonyl (C=O) groups excluding carboxylic acids is 3. The number of esters is 1. The maximum absolute atomic E-state index is 12.2. The predicted molar refractivity (Wildman–Crippen MR) is 75.6 cm³/mol. The molecule has 0 unspecified atom stereocenters. The van der Waals surface area contributed by atoms with Crippen LogP contribution in [-0.4, -0.2) is 41.0 Å². The normalized spacial score (nSPS) is 18.3. The third kappa shape index (κ3) is 3.59. The van der Waals surface area contributed by atoms with Gasteiger partial charge in [0, 0.05) is 5.56 Å². The Morgan fingerprint density at radius 1 is 1.24 bits per heavy atom.